The number of anilines is 1. The first-order chi connectivity index (χ1) is 10.1. The molecule has 0 N–H and O–H groups in total. The fraction of sp³-hybridized carbons (Fsp3) is 0.647. The second-order valence-corrected chi connectivity index (χ2v) is 6.35. The zero-order valence-electron chi connectivity index (χ0n) is 12.2. The van der Waals surface area contributed by atoms with Crippen LogP contribution in [0.2, 0.25) is 0 Å². The van der Waals surface area contributed by atoms with Gasteiger partial charge in [0, 0.05) is 18.3 Å². The lowest BCUT2D eigenvalue weighted by Crippen LogP contribution is -2.36. The van der Waals surface area contributed by atoms with E-state index in [1.54, 1.807) is 0 Å². The third-order valence-electron chi connectivity index (χ3n) is 5.00. The van der Waals surface area contributed by atoms with Gasteiger partial charge < -0.3 is 4.90 Å². The number of nitrogens with zero attached hydrogens (tertiary/aromatic N) is 1. The summed E-state index contributed by atoms with van der Waals surface area (Å²) >= 11 is 0. The minimum atomic E-state index is -4.25. The Labute approximate surface area is 124 Å². The third-order valence-corrected chi connectivity index (χ3v) is 5.00. The van der Waals surface area contributed by atoms with Crippen molar-refractivity contribution in [3.63, 3.8) is 0 Å². The molecule has 1 saturated heterocycles. The fourth-order valence-corrected chi connectivity index (χ4v) is 3.98. The van der Waals surface area contributed by atoms with E-state index in [1.165, 1.54) is 44.2 Å². The average Bonchev–Trinajstić information content (AvgIpc) is 2.97. The predicted octanol–water partition coefficient (Wildman–Crippen LogP) is 5.25. The Hall–Kier alpha value is -1.19. The maximum Gasteiger partial charge on any atom is 0.416 e. The molecule has 0 aromatic heterocycles. The van der Waals surface area contributed by atoms with Crippen molar-refractivity contribution in [2.45, 2.75) is 57.2 Å². The summed E-state index contributed by atoms with van der Waals surface area (Å²) in [7, 11) is 0. The van der Waals surface area contributed by atoms with E-state index in [-0.39, 0.29) is 0 Å². The molecular formula is C17H22F3N. The van der Waals surface area contributed by atoms with E-state index >= 15 is 0 Å². The molecule has 3 rings (SSSR count). The molecule has 1 saturated carbocycles. The average molecular weight is 297 g/mol. The summed E-state index contributed by atoms with van der Waals surface area (Å²) in [5.74, 6) is 0.663. The second kappa shape index (κ2) is 5.90. The number of hydrogen-bond acceptors (Lipinski definition) is 1. The summed E-state index contributed by atoms with van der Waals surface area (Å²) in [6.45, 7) is 0.891. The molecule has 116 valence electrons. The lowest BCUT2D eigenvalue weighted by atomic mass is 9.83. The largest absolute Gasteiger partial charge is 0.416 e. The van der Waals surface area contributed by atoms with Crippen LogP contribution in [0, 0.1) is 5.92 Å². The van der Waals surface area contributed by atoms with E-state index in [9.17, 15) is 13.2 Å². The number of rotatable bonds is 2. The Morgan fingerprint density at radius 3 is 2.43 bits per heavy atom. The first kappa shape index (κ1) is 14.7. The van der Waals surface area contributed by atoms with Crippen molar-refractivity contribution in [3.8, 4) is 0 Å². The van der Waals surface area contributed by atoms with Crippen LogP contribution in [0.3, 0.4) is 0 Å². The van der Waals surface area contributed by atoms with E-state index in [2.05, 4.69) is 4.90 Å². The van der Waals surface area contributed by atoms with Gasteiger partial charge in [-0.25, -0.2) is 0 Å². The van der Waals surface area contributed by atoms with E-state index < -0.39 is 11.7 Å². The highest BCUT2D eigenvalue weighted by molar-refractivity contribution is 5.51. The standard InChI is InChI=1S/C17H22F3N/c18-17(19,20)14-8-4-9-15(12-14)21-11-5-10-16(21)13-6-2-1-3-7-13/h4,8-9,12-13,16H,1-3,5-7,10-11H2. The van der Waals surface area contributed by atoms with Crippen LogP contribution < -0.4 is 4.90 Å². The first-order valence-corrected chi connectivity index (χ1v) is 7.99. The first-order valence-electron chi connectivity index (χ1n) is 7.99. The molecule has 4 heteroatoms. The number of alkyl halides is 3. The highest BCUT2D eigenvalue weighted by atomic mass is 19.4. The molecule has 1 aliphatic heterocycles. The van der Waals surface area contributed by atoms with Crippen molar-refractivity contribution in [2.75, 3.05) is 11.4 Å². The normalized spacial score (nSPS) is 24.5. The van der Waals surface area contributed by atoms with Crippen molar-refractivity contribution in [1.82, 2.24) is 0 Å². The molecule has 1 heterocycles. The second-order valence-electron chi connectivity index (χ2n) is 6.35. The summed E-state index contributed by atoms with van der Waals surface area (Å²) in [5.41, 5.74) is 0.215. The number of hydrogen-bond donors (Lipinski definition) is 0. The zero-order valence-corrected chi connectivity index (χ0v) is 12.2. The van der Waals surface area contributed by atoms with Crippen LogP contribution in [0.1, 0.15) is 50.5 Å². The van der Waals surface area contributed by atoms with Gasteiger partial charge in [-0.1, -0.05) is 25.3 Å². The Balaban J connectivity index is 1.81. The molecule has 0 amide bonds. The van der Waals surface area contributed by atoms with Gasteiger partial charge in [-0.15, -0.1) is 0 Å². The fourth-order valence-electron chi connectivity index (χ4n) is 3.98. The zero-order chi connectivity index (χ0) is 14.9. The Kier molecular flexibility index (Phi) is 4.14. The van der Waals surface area contributed by atoms with Crippen molar-refractivity contribution in [1.29, 1.82) is 0 Å². The van der Waals surface area contributed by atoms with Crippen LogP contribution in [-0.4, -0.2) is 12.6 Å². The van der Waals surface area contributed by atoms with E-state index in [4.69, 9.17) is 0 Å². The van der Waals surface area contributed by atoms with Gasteiger partial charge in [0.25, 0.3) is 0 Å². The topological polar surface area (TPSA) is 3.24 Å². The van der Waals surface area contributed by atoms with E-state index in [0.717, 1.165) is 31.1 Å². The maximum atomic E-state index is 12.9. The molecule has 2 aliphatic rings. The summed E-state index contributed by atoms with van der Waals surface area (Å²) in [4.78, 5) is 2.23. The van der Waals surface area contributed by atoms with Crippen LogP contribution in [0.25, 0.3) is 0 Å². The van der Waals surface area contributed by atoms with Crippen LogP contribution in [-0.2, 0) is 6.18 Å². The highest BCUT2D eigenvalue weighted by Crippen LogP contribution is 2.38. The molecule has 1 atom stereocenters. The van der Waals surface area contributed by atoms with Gasteiger partial charge in [-0.05, 0) is 49.8 Å². The van der Waals surface area contributed by atoms with Crippen molar-refractivity contribution in [3.05, 3.63) is 29.8 Å². The Morgan fingerprint density at radius 1 is 0.952 bits per heavy atom. The summed E-state index contributed by atoms with van der Waals surface area (Å²) < 4.78 is 38.7. The van der Waals surface area contributed by atoms with Crippen LogP contribution >= 0.6 is 0 Å². The number of benzene rings is 1. The monoisotopic (exact) mass is 297 g/mol. The summed E-state index contributed by atoms with van der Waals surface area (Å²) in [6, 6.07) is 6.29. The molecule has 0 bridgehead atoms. The quantitative estimate of drug-likeness (QED) is 0.720. The molecule has 1 aromatic carbocycles. The molecule has 1 aliphatic carbocycles. The van der Waals surface area contributed by atoms with Gasteiger partial charge in [0.05, 0.1) is 5.56 Å². The SMILES string of the molecule is FC(F)(F)c1cccc(N2CCCC2C2CCCCC2)c1. The molecule has 1 unspecified atom stereocenters. The number of halogens is 3. The lowest BCUT2D eigenvalue weighted by Gasteiger charge is -2.35. The van der Waals surface area contributed by atoms with Gasteiger partial charge in [-0.2, -0.15) is 13.2 Å². The van der Waals surface area contributed by atoms with Gasteiger partial charge in [0.1, 0.15) is 0 Å². The molecule has 2 fully saturated rings. The molecule has 1 aromatic rings. The molecule has 21 heavy (non-hydrogen) atoms. The lowest BCUT2D eigenvalue weighted by molar-refractivity contribution is -0.137. The smallest absolute Gasteiger partial charge is 0.368 e. The molecule has 1 nitrogen and oxygen atoms in total. The minimum absolute atomic E-state index is 0.439. The van der Waals surface area contributed by atoms with Crippen molar-refractivity contribution in [2.24, 2.45) is 5.92 Å². The molecular weight excluding hydrogens is 275 g/mol. The van der Waals surface area contributed by atoms with Gasteiger partial charge in [0.15, 0.2) is 0 Å². The van der Waals surface area contributed by atoms with E-state index in [1.807, 2.05) is 6.07 Å². The third kappa shape index (κ3) is 3.19. The summed E-state index contributed by atoms with van der Waals surface area (Å²) in [5, 5.41) is 0. The molecule has 0 radical (unpaired) electrons. The van der Waals surface area contributed by atoms with Crippen LogP contribution in [0.5, 0.6) is 0 Å². The highest BCUT2D eigenvalue weighted by Gasteiger charge is 2.35. The van der Waals surface area contributed by atoms with Crippen LogP contribution in [0.4, 0.5) is 18.9 Å². The van der Waals surface area contributed by atoms with E-state index in [0.29, 0.717) is 12.0 Å². The van der Waals surface area contributed by atoms with Crippen LogP contribution in [0.15, 0.2) is 24.3 Å². The molecule has 0 spiro atoms. The van der Waals surface area contributed by atoms with Gasteiger partial charge in [0.2, 0.25) is 0 Å². The van der Waals surface area contributed by atoms with Crippen molar-refractivity contribution < 1.29 is 13.2 Å². The van der Waals surface area contributed by atoms with Gasteiger partial charge in [-0.3, -0.25) is 0 Å². The Morgan fingerprint density at radius 2 is 1.71 bits per heavy atom. The predicted molar refractivity (Wildman–Crippen MR) is 78.4 cm³/mol. The van der Waals surface area contributed by atoms with Gasteiger partial charge >= 0.3 is 6.18 Å². The minimum Gasteiger partial charge on any atom is -0.368 e. The Bertz CT molecular complexity index is 477. The summed E-state index contributed by atoms with van der Waals surface area (Å²) in [6.07, 6.45) is 4.30. The maximum absolute atomic E-state index is 12.9. The van der Waals surface area contributed by atoms with Crippen molar-refractivity contribution >= 4 is 5.69 Å².